The van der Waals surface area contributed by atoms with E-state index in [-0.39, 0.29) is 0 Å². The van der Waals surface area contributed by atoms with E-state index in [4.69, 9.17) is 5.11 Å². The average molecular weight is 295 g/mol. The Morgan fingerprint density at radius 3 is 2.59 bits per heavy atom. The molecule has 0 saturated carbocycles. The van der Waals surface area contributed by atoms with Gasteiger partial charge in [-0.1, -0.05) is 43.2 Å². The molecule has 3 nitrogen and oxygen atoms in total. The molecule has 0 amide bonds. The van der Waals surface area contributed by atoms with Crippen molar-refractivity contribution < 1.29 is 9.90 Å². The maximum atomic E-state index is 10.9. The number of carbonyl (C=O) groups is 1. The number of carboxylic acids is 1. The van der Waals surface area contributed by atoms with Gasteiger partial charge in [0.15, 0.2) is 0 Å². The van der Waals surface area contributed by atoms with Crippen LogP contribution >= 0.6 is 0 Å². The van der Waals surface area contributed by atoms with E-state index < -0.39 is 5.97 Å². The fourth-order valence-electron chi connectivity index (χ4n) is 3.05. The summed E-state index contributed by atoms with van der Waals surface area (Å²) in [6.45, 7) is 1.09. The highest BCUT2D eigenvalue weighted by Crippen LogP contribution is 2.27. The van der Waals surface area contributed by atoms with Gasteiger partial charge in [0.2, 0.25) is 0 Å². The lowest BCUT2D eigenvalue weighted by atomic mass is 9.96. The molecular formula is C19H21NO2. The number of nitrogens with one attached hydrogen (secondary N) is 1. The van der Waals surface area contributed by atoms with E-state index in [1.54, 1.807) is 12.1 Å². The minimum atomic E-state index is -0.886. The van der Waals surface area contributed by atoms with Gasteiger partial charge in [0.25, 0.3) is 0 Å². The normalized spacial score (nSPS) is 18.6. The van der Waals surface area contributed by atoms with Gasteiger partial charge in [-0.15, -0.1) is 0 Å². The molecule has 0 bridgehead atoms. The summed E-state index contributed by atoms with van der Waals surface area (Å²) in [4.78, 5) is 10.9. The van der Waals surface area contributed by atoms with Crippen molar-refractivity contribution in [3.05, 3.63) is 59.7 Å². The van der Waals surface area contributed by atoms with E-state index in [0.29, 0.717) is 11.6 Å². The molecule has 2 aromatic rings. The predicted molar refractivity (Wildman–Crippen MR) is 88.0 cm³/mol. The molecule has 0 unspecified atom stereocenters. The second-order valence-electron chi connectivity index (χ2n) is 5.86. The van der Waals surface area contributed by atoms with E-state index >= 15 is 0 Å². The molecule has 0 aromatic heterocycles. The van der Waals surface area contributed by atoms with Crippen LogP contribution in [0.2, 0.25) is 0 Å². The smallest absolute Gasteiger partial charge is 0.335 e. The zero-order chi connectivity index (χ0) is 15.4. The highest BCUT2D eigenvalue weighted by Gasteiger charge is 2.14. The molecule has 1 heterocycles. The summed E-state index contributed by atoms with van der Waals surface area (Å²) in [5.41, 5.74) is 3.84. The van der Waals surface area contributed by atoms with Gasteiger partial charge in [0.1, 0.15) is 0 Å². The fourth-order valence-corrected chi connectivity index (χ4v) is 3.05. The first kappa shape index (κ1) is 14.8. The largest absolute Gasteiger partial charge is 0.478 e. The topological polar surface area (TPSA) is 49.3 Å². The highest BCUT2D eigenvalue weighted by molar-refractivity contribution is 5.88. The van der Waals surface area contributed by atoms with E-state index in [1.807, 2.05) is 12.1 Å². The van der Waals surface area contributed by atoms with Crippen molar-refractivity contribution in [3.63, 3.8) is 0 Å². The molecule has 22 heavy (non-hydrogen) atoms. The Balaban J connectivity index is 1.85. The second-order valence-corrected chi connectivity index (χ2v) is 5.86. The van der Waals surface area contributed by atoms with E-state index in [0.717, 1.165) is 17.7 Å². The van der Waals surface area contributed by atoms with Crippen molar-refractivity contribution >= 4 is 5.97 Å². The number of carboxylic acid groups (broad SMARTS) is 1. The van der Waals surface area contributed by atoms with Crippen molar-refractivity contribution in [3.8, 4) is 11.1 Å². The number of hydrogen-bond donors (Lipinski definition) is 2. The molecule has 1 aliphatic heterocycles. The molecule has 0 aliphatic carbocycles. The zero-order valence-electron chi connectivity index (χ0n) is 12.6. The molecule has 114 valence electrons. The monoisotopic (exact) mass is 295 g/mol. The van der Waals surface area contributed by atoms with Crippen LogP contribution in [0.4, 0.5) is 0 Å². The molecule has 1 aliphatic rings. The summed E-state index contributed by atoms with van der Waals surface area (Å²) in [6.07, 6.45) is 5.02. The molecule has 1 fully saturated rings. The first-order valence-electron chi connectivity index (χ1n) is 7.91. The summed E-state index contributed by atoms with van der Waals surface area (Å²) >= 11 is 0. The Kier molecular flexibility index (Phi) is 4.54. The third kappa shape index (κ3) is 3.37. The molecule has 2 N–H and O–H groups in total. The molecule has 1 atom stereocenters. The maximum absolute atomic E-state index is 10.9. The highest BCUT2D eigenvalue weighted by atomic mass is 16.4. The Morgan fingerprint density at radius 2 is 1.82 bits per heavy atom. The fraction of sp³-hybridized carbons (Fsp3) is 0.316. The van der Waals surface area contributed by atoms with Gasteiger partial charge in [0.05, 0.1) is 5.56 Å². The third-order valence-corrected chi connectivity index (χ3v) is 4.31. The Hall–Kier alpha value is -2.13. The lowest BCUT2D eigenvalue weighted by molar-refractivity contribution is 0.0697. The molecule has 1 saturated heterocycles. The van der Waals surface area contributed by atoms with Gasteiger partial charge in [-0.3, -0.25) is 0 Å². The zero-order valence-corrected chi connectivity index (χ0v) is 12.6. The van der Waals surface area contributed by atoms with Gasteiger partial charge >= 0.3 is 5.97 Å². The molecule has 0 radical (unpaired) electrons. The van der Waals surface area contributed by atoms with Crippen LogP contribution < -0.4 is 5.32 Å². The van der Waals surface area contributed by atoms with Crippen LogP contribution in [0, 0.1) is 0 Å². The number of benzene rings is 2. The Bertz CT molecular complexity index is 641. The van der Waals surface area contributed by atoms with Crippen LogP contribution in [0.3, 0.4) is 0 Å². The lowest BCUT2D eigenvalue weighted by Crippen LogP contribution is -2.20. The summed E-state index contributed by atoms with van der Waals surface area (Å²) in [7, 11) is 0. The number of hydrogen-bond acceptors (Lipinski definition) is 2. The van der Waals surface area contributed by atoms with Crippen LogP contribution in [0.25, 0.3) is 11.1 Å². The number of rotatable bonds is 3. The van der Waals surface area contributed by atoms with Crippen LogP contribution in [0.15, 0.2) is 48.5 Å². The van der Waals surface area contributed by atoms with Crippen LogP contribution in [-0.4, -0.2) is 17.6 Å². The number of aromatic carboxylic acids is 1. The molecule has 0 spiro atoms. The van der Waals surface area contributed by atoms with Crippen molar-refractivity contribution in [2.45, 2.75) is 31.7 Å². The average Bonchev–Trinajstić information content (AvgIpc) is 2.84. The third-order valence-electron chi connectivity index (χ3n) is 4.31. The lowest BCUT2D eigenvalue weighted by Gasteiger charge is -2.17. The molecule has 3 heteroatoms. The summed E-state index contributed by atoms with van der Waals surface area (Å²) < 4.78 is 0. The van der Waals surface area contributed by atoms with E-state index in [2.05, 4.69) is 29.6 Å². The van der Waals surface area contributed by atoms with Crippen LogP contribution in [0.5, 0.6) is 0 Å². The standard InChI is InChI=1S/C19H21NO2/c21-19(22)15-10-8-14(9-11-15)16-5-4-6-17(13-16)18-7-2-1-3-12-20-18/h4-6,8-11,13,18,20H,1-3,7,12H2,(H,21,22)/t18-/m1/s1. The minimum absolute atomic E-state index is 0.324. The Labute approximate surface area is 131 Å². The summed E-state index contributed by atoms with van der Waals surface area (Å²) in [6, 6.07) is 16.1. The van der Waals surface area contributed by atoms with Gasteiger partial charge in [-0.05, 0) is 54.3 Å². The minimum Gasteiger partial charge on any atom is -0.478 e. The predicted octanol–water partition coefficient (Wildman–Crippen LogP) is 4.26. The first-order valence-corrected chi connectivity index (χ1v) is 7.91. The molecular weight excluding hydrogens is 274 g/mol. The van der Waals surface area contributed by atoms with Gasteiger partial charge in [0, 0.05) is 6.04 Å². The van der Waals surface area contributed by atoms with E-state index in [9.17, 15) is 4.79 Å². The first-order chi connectivity index (χ1) is 10.7. The molecule has 3 rings (SSSR count). The van der Waals surface area contributed by atoms with Crippen LogP contribution in [0.1, 0.15) is 47.6 Å². The van der Waals surface area contributed by atoms with Crippen LogP contribution in [-0.2, 0) is 0 Å². The quantitative estimate of drug-likeness (QED) is 0.889. The van der Waals surface area contributed by atoms with Gasteiger partial charge in [-0.2, -0.15) is 0 Å². The SMILES string of the molecule is O=C(O)c1ccc(-c2cccc([C@H]3CCCCCN3)c2)cc1. The van der Waals surface area contributed by atoms with Crippen molar-refractivity contribution in [2.24, 2.45) is 0 Å². The van der Waals surface area contributed by atoms with Crippen molar-refractivity contribution in [1.29, 1.82) is 0 Å². The van der Waals surface area contributed by atoms with Gasteiger partial charge in [-0.25, -0.2) is 4.79 Å². The molecule has 2 aromatic carbocycles. The second kappa shape index (κ2) is 6.75. The maximum Gasteiger partial charge on any atom is 0.335 e. The summed E-state index contributed by atoms with van der Waals surface area (Å²) in [5.74, 6) is -0.886. The van der Waals surface area contributed by atoms with E-state index in [1.165, 1.54) is 31.2 Å². The Morgan fingerprint density at radius 1 is 1.00 bits per heavy atom. The summed E-state index contributed by atoms with van der Waals surface area (Å²) in [5, 5.41) is 12.6. The van der Waals surface area contributed by atoms with Crippen molar-refractivity contribution in [1.82, 2.24) is 5.32 Å². The van der Waals surface area contributed by atoms with Gasteiger partial charge < -0.3 is 10.4 Å². The van der Waals surface area contributed by atoms with Crippen molar-refractivity contribution in [2.75, 3.05) is 6.54 Å².